The zero-order valence-electron chi connectivity index (χ0n) is 14.6. The monoisotopic (exact) mass is 331 g/mol. The molecule has 1 aliphatic carbocycles. The third-order valence-electron chi connectivity index (χ3n) is 4.68. The largest absolute Gasteiger partial charge is 0.460 e. The molecule has 1 aromatic carbocycles. The minimum absolute atomic E-state index is 0.0978. The molecule has 2 fully saturated rings. The van der Waals surface area contributed by atoms with Gasteiger partial charge in [0.25, 0.3) is 0 Å². The second-order valence-electron chi connectivity index (χ2n) is 7.78. The zero-order chi connectivity index (χ0) is 17.4. The number of ether oxygens (including phenoxy) is 2. The van der Waals surface area contributed by atoms with Crippen molar-refractivity contribution >= 4 is 17.7 Å². The number of carbonyl (C=O) groups is 2. The number of esters is 1. The maximum atomic E-state index is 12.3. The van der Waals surface area contributed by atoms with Gasteiger partial charge in [-0.25, -0.2) is 4.79 Å². The Kier molecular flexibility index (Phi) is 4.28. The molecule has 3 rings (SSSR count). The Morgan fingerprint density at radius 1 is 1.21 bits per heavy atom. The first-order chi connectivity index (χ1) is 11.3. The van der Waals surface area contributed by atoms with Gasteiger partial charge in [-0.2, -0.15) is 0 Å². The molecular weight excluding hydrogens is 306 g/mol. The van der Waals surface area contributed by atoms with Crippen molar-refractivity contribution in [2.45, 2.75) is 57.7 Å². The van der Waals surface area contributed by atoms with E-state index in [0.717, 1.165) is 5.69 Å². The van der Waals surface area contributed by atoms with Crippen LogP contribution in [0.2, 0.25) is 0 Å². The minimum Gasteiger partial charge on any atom is -0.460 e. The van der Waals surface area contributed by atoms with Crippen LogP contribution in [0.5, 0.6) is 0 Å². The van der Waals surface area contributed by atoms with Crippen molar-refractivity contribution in [3.05, 3.63) is 30.3 Å². The van der Waals surface area contributed by atoms with Crippen LogP contribution in [0, 0.1) is 5.92 Å². The lowest BCUT2D eigenvalue weighted by Gasteiger charge is -2.35. The zero-order valence-corrected chi connectivity index (χ0v) is 14.6. The third kappa shape index (κ3) is 3.55. The van der Waals surface area contributed by atoms with E-state index in [2.05, 4.69) is 0 Å². The van der Waals surface area contributed by atoms with Gasteiger partial charge in [-0.3, -0.25) is 9.69 Å². The van der Waals surface area contributed by atoms with Gasteiger partial charge in [-0.05, 0) is 58.6 Å². The number of benzene rings is 1. The molecular formula is C19H25NO4. The summed E-state index contributed by atoms with van der Waals surface area (Å²) in [4.78, 5) is 26.2. The number of rotatable bonds is 2. The average Bonchev–Trinajstić information content (AvgIpc) is 2.83. The third-order valence-corrected chi connectivity index (χ3v) is 4.68. The number of anilines is 1. The molecule has 0 bridgehead atoms. The van der Waals surface area contributed by atoms with Gasteiger partial charge in [0.1, 0.15) is 11.2 Å². The highest BCUT2D eigenvalue weighted by Gasteiger charge is 2.48. The fraction of sp³-hybridized carbons (Fsp3) is 0.579. The molecule has 5 heteroatoms. The van der Waals surface area contributed by atoms with Crippen molar-refractivity contribution in [2.24, 2.45) is 5.92 Å². The van der Waals surface area contributed by atoms with E-state index in [1.165, 1.54) is 0 Å². The SMILES string of the molecule is CC(C)(C)OC(=O)[C@H]1CC[C@]2(CC1)CN(c1ccccc1)C(=O)O2. The lowest BCUT2D eigenvalue weighted by atomic mass is 9.78. The fourth-order valence-electron chi connectivity index (χ4n) is 3.45. The molecule has 1 saturated carbocycles. The maximum Gasteiger partial charge on any atom is 0.415 e. The van der Waals surface area contributed by atoms with Gasteiger partial charge in [0.05, 0.1) is 12.5 Å². The van der Waals surface area contributed by atoms with Crippen molar-refractivity contribution in [3.8, 4) is 0 Å². The molecule has 0 aromatic heterocycles. The van der Waals surface area contributed by atoms with Gasteiger partial charge >= 0.3 is 12.1 Å². The minimum atomic E-state index is -0.467. The molecule has 24 heavy (non-hydrogen) atoms. The molecule has 1 heterocycles. The summed E-state index contributed by atoms with van der Waals surface area (Å²) in [5.41, 5.74) is -0.0738. The number of amides is 1. The van der Waals surface area contributed by atoms with E-state index in [0.29, 0.717) is 32.2 Å². The van der Waals surface area contributed by atoms with Crippen LogP contribution in [-0.2, 0) is 14.3 Å². The number of para-hydroxylation sites is 1. The summed E-state index contributed by atoms with van der Waals surface area (Å²) in [6, 6.07) is 9.56. The second kappa shape index (κ2) is 6.11. The highest BCUT2D eigenvalue weighted by molar-refractivity contribution is 5.90. The van der Waals surface area contributed by atoms with E-state index >= 15 is 0 Å². The standard InChI is InChI=1S/C19H25NO4/c1-18(2,3)23-16(21)14-9-11-19(12-10-14)13-20(17(22)24-19)15-7-5-4-6-8-15/h4-8,14H,9-13H2,1-3H3/t14-,19-. The van der Waals surface area contributed by atoms with E-state index in [1.54, 1.807) is 4.90 Å². The van der Waals surface area contributed by atoms with E-state index < -0.39 is 11.2 Å². The van der Waals surface area contributed by atoms with Gasteiger partial charge < -0.3 is 9.47 Å². The molecule has 1 aromatic rings. The van der Waals surface area contributed by atoms with Crippen molar-refractivity contribution in [1.82, 2.24) is 0 Å². The van der Waals surface area contributed by atoms with Crippen LogP contribution in [0.25, 0.3) is 0 Å². The van der Waals surface area contributed by atoms with E-state index in [-0.39, 0.29) is 18.0 Å². The average molecular weight is 331 g/mol. The lowest BCUT2D eigenvalue weighted by molar-refractivity contribution is -0.162. The van der Waals surface area contributed by atoms with E-state index in [1.807, 2.05) is 51.1 Å². The number of carbonyl (C=O) groups excluding carboxylic acids is 2. The highest BCUT2D eigenvalue weighted by atomic mass is 16.6. The van der Waals surface area contributed by atoms with Gasteiger partial charge in [0, 0.05) is 5.69 Å². The number of hydrogen-bond acceptors (Lipinski definition) is 4. The van der Waals surface area contributed by atoms with Crippen LogP contribution >= 0.6 is 0 Å². The molecule has 1 amide bonds. The maximum absolute atomic E-state index is 12.3. The van der Waals surface area contributed by atoms with E-state index in [9.17, 15) is 9.59 Å². The Hall–Kier alpha value is -2.04. The summed E-state index contributed by atoms with van der Waals surface area (Å²) in [6.45, 7) is 6.19. The normalized spacial score (nSPS) is 27.2. The summed E-state index contributed by atoms with van der Waals surface area (Å²) in [5.74, 6) is -0.235. The molecule has 5 nitrogen and oxygen atoms in total. The first-order valence-corrected chi connectivity index (χ1v) is 8.56. The topological polar surface area (TPSA) is 55.8 Å². The van der Waals surface area contributed by atoms with Crippen molar-refractivity contribution in [3.63, 3.8) is 0 Å². The number of nitrogens with zero attached hydrogens (tertiary/aromatic N) is 1. The molecule has 0 N–H and O–H groups in total. The molecule has 1 saturated heterocycles. The first-order valence-electron chi connectivity index (χ1n) is 8.56. The summed E-state index contributed by atoms with van der Waals surface area (Å²) < 4.78 is 11.2. The Balaban J connectivity index is 1.62. The number of hydrogen-bond donors (Lipinski definition) is 0. The molecule has 1 spiro atoms. The smallest absolute Gasteiger partial charge is 0.415 e. The van der Waals surface area contributed by atoms with Crippen LogP contribution in [0.1, 0.15) is 46.5 Å². The van der Waals surface area contributed by atoms with Crippen LogP contribution < -0.4 is 4.90 Å². The first kappa shape index (κ1) is 16.8. The van der Waals surface area contributed by atoms with Crippen LogP contribution in [0.15, 0.2) is 30.3 Å². The molecule has 1 aliphatic heterocycles. The fourth-order valence-corrected chi connectivity index (χ4v) is 3.45. The molecule has 0 unspecified atom stereocenters. The molecule has 0 radical (unpaired) electrons. The Morgan fingerprint density at radius 3 is 2.42 bits per heavy atom. The predicted octanol–water partition coefficient (Wildman–Crippen LogP) is 3.91. The van der Waals surface area contributed by atoms with Crippen LogP contribution in [-0.4, -0.2) is 29.8 Å². The second-order valence-corrected chi connectivity index (χ2v) is 7.78. The lowest BCUT2D eigenvalue weighted by Crippen LogP contribution is -2.41. The Bertz CT molecular complexity index is 612. The summed E-state index contributed by atoms with van der Waals surface area (Å²) >= 11 is 0. The van der Waals surface area contributed by atoms with Crippen molar-refractivity contribution in [1.29, 1.82) is 0 Å². The Morgan fingerprint density at radius 2 is 1.83 bits per heavy atom. The predicted molar refractivity (Wildman–Crippen MR) is 90.8 cm³/mol. The van der Waals surface area contributed by atoms with Gasteiger partial charge in [0.15, 0.2) is 0 Å². The highest BCUT2D eigenvalue weighted by Crippen LogP contribution is 2.41. The van der Waals surface area contributed by atoms with Crippen LogP contribution in [0.3, 0.4) is 0 Å². The summed E-state index contributed by atoms with van der Waals surface area (Å²) in [6.07, 6.45) is 2.50. The van der Waals surface area contributed by atoms with E-state index in [4.69, 9.17) is 9.47 Å². The summed E-state index contributed by atoms with van der Waals surface area (Å²) in [7, 11) is 0. The van der Waals surface area contributed by atoms with Crippen LogP contribution in [0.4, 0.5) is 10.5 Å². The van der Waals surface area contributed by atoms with Gasteiger partial charge in [0.2, 0.25) is 0 Å². The van der Waals surface area contributed by atoms with Crippen molar-refractivity contribution < 1.29 is 19.1 Å². The quantitative estimate of drug-likeness (QED) is 0.771. The molecule has 130 valence electrons. The molecule has 2 aliphatic rings. The van der Waals surface area contributed by atoms with Gasteiger partial charge in [-0.15, -0.1) is 0 Å². The summed E-state index contributed by atoms with van der Waals surface area (Å²) in [5, 5.41) is 0. The van der Waals surface area contributed by atoms with Gasteiger partial charge in [-0.1, -0.05) is 18.2 Å². The Labute approximate surface area is 142 Å². The molecule has 0 atom stereocenters. The van der Waals surface area contributed by atoms with Crippen molar-refractivity contribution in [2.75, 3.05) is 11.4 Å².